The number of hydrogen-bond acceptors (Lipinski definition) is 1. The largest absolute Gasteiger partial charge is 0.370 e. The number of nitrogens with one attached hydrogen (secondary N) is 1. The Hall–Kier alpha value is -0.610. The molecule has 4 heteroatoms. The summed E-state index contributed by atoms with van der Waals surface area (Å²) in [5.74, 6) is 0. The molecule has 0 aromatic heterocycles. The highest BCUT2D eigenvalue weighted by atomic mass is 35.5. The van der Waals surface area contributed by atoms with Crippen LogP contribution in [0.15, 0.2) is 24.3 Å². The number of halogens is 1. The Morgan fingerprint density at radius 2 is 2.00 bits per heavy atom. The van der Waals surface area contributed by atoms with Crippen LogP contribution in [-0.2, 0) is 11.3 Å². The number of nitrogens with two attached hydrogens (primary N) is 1. The minimum Gasteiger partial charge on any atom is -0.370 e. The second-order valence-electron chi connectivity index (χ2n) is 4.84. The van der Waals surface area contributed by atoms with Crippen molar-refractivity contribution in [3.63, 3.8) is 0 Å². The topological polar surface area (TPSA) is 30.3 Å². The molecule has 0 spiro atoms. The van der Waals surface area contributed by atoms with Crippen LogP contribution in [-0.4, -0.2) is 39.4 Å². The van der Waals surface area contributed by atoms with Gasteiger partial charge in [-0.25, -0.2) is 0 Å². The number of morpholine rings is 1. The summed E-state index contributed by atoms with van der Waals surface area (Å²) in [5.41, 5.74) is 1.23. The highest BCUT2D eigenvalue weighted by Gasteiger charge is 2.12. The molecule has 18 heavy (non-hydrogen) atoms. The Kier molecular flexibility index (Phi) is 5.94. The molecule has 0 amide bonds. The zero-order valence-corrected chi connectivity index (χ0v) is 11.6. The molecule has 3 nitrogen and oxygen atoms in total. The van der Waals surface area contributed by atoms with Gasteiger partial charge in [-0.1, -0.05) is 29.8 Å². The van der Waals surface area contributed by atoms with Crippen molar-refractivity contribution in [2.45, 2.75) is 13.0 Å². The number of quaternary nitrogens is 2. The molecule has 1 aliphatic rings. The van der Waals surface area contributed by atoms with Gasteiger partial charge in [0.05, 0.1) is 26.3 Å². The molecule has 1 aromatic rings. The zero-order valence-electron chi connectivity index (χ0n) is 10.8. The third kappa shape index (κ3) is 4.58. The maximum absolute atomic E-state index is 6.12. The highest BCUT2D eigenvalue weighted by molar-refractivity contribution is 6.31. The van der Waals surface area contributed by atoms with Crippen LogP contribution >= 0.6 is 11.6 Å². The summed E-state index contributed by atoms with van der Waals surface area (Å²) in [6.45, 7) is 7.63. The van der Waals surface area contributed by atoms with E-state index in [1.807, 2.05) is 18.2 Å². The molecular weight excluding hydrogens is 248 g/mol. The van der Waals surface area contributed by atoms with Gasteiger partial charge in [-0.2, -0.15) is 0 Å². The molecule has 1 aromatic carbocycles. The summed E-state index contributed by atoms with van der Waals surface area (Å²) in [4.78, 5) is 1.69. The fourth-order valence-electron chi connectivity index (χ4n) is 2.33. The predicted molar refractivity (Wildman–Crippen MR) is 72.9 cm³/mol. The van der Waals surface area contributed by atoms with E-state index in [2.05, 4.69) is 11.4 Å². The molecule has 0 aliphatic carbocycles. The quantitative estimate of drug-likeness (QED) is 0.684. The lowest BCUT2D eigenvalue weighted by Gasteiger charge is -2.23. The van der Waals surface area contributed by atoms with Gasteiger partial charge in [0, 0.05) is 17.0 Å². The van der Waals surface area contributed by atoms with E-state index < -0.39 is 0 Å². The van der Waals surface area contributed by atoms with E-state index in [0.717, 1.165) is 24.8 Å². The van der Waals surface area contributed by atoms with Crippen molar-refractivity contribution in [3.05, 3.63) is 34.9 Å². The van der Waals surface area contributed by atoms with E-state index in [1.54, 1.807) is 4.90 Å². The monoisotopic (exact) mass is 270 g/mol. The van der Waals surface area contributed by atoms with Crippen LogP contribution in [0.1, 0.15) is 12.0 Å². The second kappa shape index (κ2) is 7.74. The van der Waals surface area contributed by atoms with Crippen LogP contribution in [0.4, 0.5) is 0 Å². The Bertz CT molecular complexity index is 353. The molecular formula is C14H23ClN2O+2. The Labute approximate surface area is 114 Å². The van der Waals surface area contributed by atoms with Crippen molar-refractivity contribution in [3.8, 4) is 0 Å². The summed E-state index contributed by atoms with van der Waals surface area (Å²) in [6.07, 6.45) is 1.26. The number of hydrogen-bond donors (Lipinski definition) is 2. The van der Waals surface area contributed by atoms with Gasteiger partial charge < -0.3 is 15.0 Å². The highest BCUT2D eigenvalue weighted by Crippen LogP contribution is 2.12. The van der Waals surface area contributed by atoms with Gasteiger partial charge in [0.25, 0.3) is 0 Å². The molecule has 1 aliphatic heterocycles. The van der Waals surface area contributed by atoms with Crippen molar-refractivity contribution in [1.82, 2.24) is 0 Å². The molecule has 3 N–H and O–H groups in total. The molecule has 0 bridgehead atoms. The Morgan fingerprint density at radius 3 is 2.78 bits per heavy atom. The lowest BCUT2D eigenvalue weighted by Crippen LogP contribution is -3.14. The third-order valence-corrected chi connectivity index (χ3v) is 3.83. The van der Waals surface area contributed by atoms with Gasteiger partial charge >= 0.3 is 0 Å². The second-order valence-corrected chi connectivity index (χ2v) is 5.25. The SMILES string of the molecule is Clc1ccccc1C[NH2+]CCC[NH+]1CCOCC1. The van der Waals surface area contributed by atoms with E-state index in [0.29, 0.717) is 0 Å². The van der Waals surface area contributed by atoms with Crippen molar-refractivity contribution in [2.24, 2.45) is 0 Å². The van der Waals surface area contributed by atoms with Crippen molar-refractivity contribution in [2.75, 3.05) is 39.4 Å². The maximum atomic E-state index is 6.12. The van der Waals surface area contributed by atoms with Crippen molar-refractivity contribution in [1.29, 1.82) is 0 Å². The summed E-state index contributed by atoms with van der Waals surface area (Å²) >= 11 is 6.12. The molecule has 0 radical (unpaired) electrons. The average molecular weight is 271 g/mol. The summed E-state index contributed by atoms with van der Waals surface area (Å²) < 4.78 is 5.35. The van der Waals surface area contributed by atoms with Crippen LogP contribution in [0.3, 0.4) is 0 Å². The normalized spacial score (nSPS) is 16.9. The first-order chi connectivity index (χ1) is 8.86. The van der Waals surface area contributed by atoms with E-state index >= 15 is 0 Å². The number of rotatable bonds is 6. The first-order valence-electron chi connectivity index (χ1n) is 6.82. The van der Waals surface area contributed by atoms with Crippen molar-refractivity contribution < 1.29 is 15.0 Å². The van der Waals surface area contributed by atoms with Crippen LogP contribution in [0.2, 0.25) is 5.02 Å². The fraction of sp³-hybridized carbons (Fsp3) is 0.571. The molecule has 1 heterocycles. The average Bonchev–Trinajstić information content (AvgIpc) is 2.42. The van der Waals surface area contributed by atoms with Gasteiger partial charge in [0.1, 0.15) is 19.6 Å². The van der Waals surface area contributed by atoms with Gasteiger partial charge in [-0.3, -0.25) is 0 Å². The van der Waals surface area contributed by atoms with Crippen LogP contribution in [0.5, 0.6) is 0 Å². The van der Waals surface area contributed by atoms with Crippen LogP contribution in [0, 0.1) is 0 Å². The minimum atomic E-state index is 0.882. The van der Waals surface area contributed by atoms with Gasteiger partial charge in [0.15, 0.2) is 0 Å². The molecule has 1 fully saturated rings. The Morgan fingerprint density at radius 1 is 1.22 bits per heavy atom. The van der Waals surface area contributed by atoms with Gasteiger partial charge in [0.2, 0.25) is 0 Å². The number of ether oxygens (including phenoxy) is 1. The zero-order chi connectivity index (χ0) is 12.6. The summed E-state index contributed by atoms with van der Waals surface area (Å²) in [7, 11) is 0. The molecule has 0 saturated carbocycles. The van der Waals surface area contributed by atoms with Gasteiger partial charge in [-0.15, -0.1) is 0 Å². The smallest absolute Gasteiger partial charge is 0.103 e. The first-order valence-corrected chi connectivity index (χ1v) is 7.20. The molecule has 0 atom stereocenters. The van der Waals surface area contributed by atoms with Gasteiger partial charge in [-0.05, 0) is 6.07 Å². The van der Waals surface area contributed by atoms with E-state index in [9.17, 15) is 0 Å². The maximum Gasteiger partial charge on any atom is 0.103 e. The van der Waals surface area contributed by atoms with E-state index in [-0.39, 0.29) is 0 Å². The molecule has 0 unspecified atom stereocenters. The first kappa shape index (κ1) is 13.8. The van der Waals surface area contributed by atoms with E-state index in [4.69, 9.17) is 16.3 Å². The summed E-state index contributed by atoms with van der Waals surface area (Å²) in [5, 5.41) is 3.23. The standard InChI is InChI=1S/C14H21ClN2O/c15-14-5-2-1-4-13(14)12-16-6-3-7-17-8-10-18-11-9-17/h1-2,4-5,16H,3,6-12H2/p+2. The third-order valence-electron chi connectivity index (χ3n) is 3.46. The van der Waals surface area contributed by atoms with Crippen LogP contribution < -0.4 is 10.2 Å². The predicted octanol–water partition coefficient (Wildman–Crippen LogP) is -0.291. The van der Waals surface area contributed by atoms with Crippen LogP contribution in [0.25, 0.3) is 0 Å². The summed E-state index contributed by atoms with van der Waals surface area (Å²) in [6, 6.07) is 8.09. The fourth-order valence-corrected chi connectivity index (χ4v) is 2.54. The lowest BCUT2D eigenvalue weighted by molar-refractivity contribution is -0.909. The Balaban J connectivity index is 1.57. The number of benzene rings is 1. The van der Waals surface area contributed by atoms with Crippen molar-refractivity contribution >= 4 is 11.6 Å². The lowest BCUT2D eigenvalue weighted by atomic mass is 10.2. The molecule has 1 saturated heterocycles. The minimum absolute atomic E-state index is 0.882. The van der Waals surface area contributed by atoms with E-state index in [1.165, 1.54) is 38.2 Å². The molecule has 2 rings (SSSR count). The molecule has 100 valence electrons.